The topological polar surface area (TPSA) is 35.6 Å². The molecular formula is C14H26F3N3O. The van der Waals surface area contributed by atoms with Crippen molar-refractivity contribution in [2.45, 2.75) is 45.3 Å². The molecule has 1 N–H and O–H groups in total. The minimum absolute atomic E-state index is 0.127. The molecule has 1 amide bonds. The summed E-state index contributed by atoms with van der Waals surface area (Å²) in [6, 6.07) is 0.221. The number of nitrogens with one attached hydrogen (secondary N) is 1. The normalized spacial score (nSPS) is 18.0. The number of piperidine rings is 1. The first kappa shape index (κ1) is 18.2. The summed E-state index contributed by atoms with van der Waals surface area (Å²) in [6.45, 7) is 6.02. The second kappa shape index (κ2) is 8.58. The molecule has 0 aromatic carbocycles. The molecule has 0 saturated carbocycles. The van der Waals surface area contributed by atoms with Crippen molar-refractivity contribution in [3.63, 3.8) is 0 Å². The molecule has 0 spiro atoms. The van der Waals surface area contributed by atoms with E-state index in [0.717, 1.165) is 0 Å². The van der Waals surface area contributed by atoms with E-state index in [9.17, 15) is 18.0 Å². The lowest BCUT2D eigenvalue weighted by molar-refractivity contribution is -0.148. The monoisotopic (exact) mass is 309 g/mol. The Morgan fingerprint density at radius 3 is 2.29 bits per heavy atom. The van der Waals surface area contributed by atoms with Gasteiger partial charge in [0, 0.05) is 32.1 Å². The Hall–Kier alpha value is -0.820. The van der Waals surface area contributed by atoms with Gasteiger partial charge in [-0.3, -0.25) is 9.69 Å². The van der Waals surface area contributed by atoms with Gasteiger partial charge in [0.1, 0.15) is 0 Å². The molecule has 1 saturated heterocycles. The maximum absolute atomic E-state index is 12.3. The highest BCUT2D eigenvalue weighted by Gasteiger charge is 2.32. The van der Waals surface area contributed by atoms with Gasteiger partial charge in [0.15, 0.2) is 0 Å². The minimum atomic E-state index is -4.11. The van der Waals surface area contributed by atoms with Crippen LogP contribution in [0.1, 0.15) is 33.1 Å². The van der Waals surface area contributed by atoms with Crippen molar-refractivity contribution >= 4 is 5.91 Å². The van der Waals surface area contributed by atoms with Gasteiger partial charge in [0.05, 0.1) is 6.54 Å². The van der Waals surface area contributed by atoms with E-state index in [0.29, 0.717) is 52.0 Å². The Bertz CT molecular complexity index is 311. The molecule has 0 atom stereocenters. The van der Waals surface area contributed by atoms with Crippen LogP contribution in [0.2, 0.25) is 0 Å². The highest BCUT2D eigenvalue weighted by molar-refractivity contribution is 5.76. The Morgan fingerprint density at radius 1 is 1.24 bits per heavy atom. The van der Waals surface area contributed by atoms with Gasteiger partial charge in [-0.1, -0.05) is 0 Å². The maximum atomic E-state index is 12.3. The van der Waals surface area contributed by atoms with E-state index in [-0.39, 0.29) is 11.9 Å². The van der Waals surface area contributed by atoms with Crippen LogP contribution < -0.4 is 5.32 Å². The van der Waals surface area contributed by atoms with Gasteiger partial charge in [0.25, 0.3) is 0 Å². The van der Waals surface area contributed by atoms with E-state index in [4.69, 9.17) is 0 Å². The summed E-state index contributed by atoms with van der Waals surface area (Å²) >= 11 is 0. The number of amides is 1. The molecule has 1 heterocycles. The van der Waals surface area contributed by atoms with Gasteiger partial charge in [0.2, 0.25) is 5.91 Å². The van der Waals surface area contributed by atoms with Crippen LogP contribution in [0.25, 0.3) is 0 Å². The van der Waals surface area contributed by atoms with E-state index in [1.54, 1.807) is 4.90 Å². The number of carbonyl (C=O) groups excluding carboxylic acids is 1. The number of carbonyl (C=O) groups is 1. The maximum Gasteiger partial charge on any atom is 0.401 e. The van der Waals surface area contributed by atoms with Gasteiger partial charge >= 0.3 is 6.18 Å². The van der Waals surface area contributed by atoms with Crippen LogP contribution in [-0.2, 0) is 4.79 Å². The van der Waals surface area contributed by atoms with E-state index in [1.165, 1.54) is 4.90 Å². The molecule has 1 rings (SSSR count). The third kappa shape index (κ3) is 7.13. The summed E-state index contributed by atoms with van der Waals surface area (Å²) < 4.78 is 36.8. The van der Waals surface area contributed by atoms with Gasteiger partial charge in [-0.05, 0) is 39.8 Å². The zero-order valence-electron chi connectivity index (χ0n) is 12.9. The smallest absolute Gasteiger partial charge is 0.343 e. The number of likely N-dealkylation sites (tertiary alicyclic amines) is 1. The van der Waals surface area contributed by atoms with Crippen LogP contribution >= 0.6 is 0 Å². The van der Waals surface area contributed by atoms with Crippen LogP contribution in [0, 0.1) is 0 Å². The van der Waals surface area contributed by atoms with E-state index < -0.39 is 12.7 Å². The van der Waals surface area contributed by atoms with Crippen molar-refractivity contribution in [3.05, 3.63) is 0 Å². The predicted octanol–water partition coefficient (Wildman–Crippen LogP) is 1.86. The van der Waals surface area contributed by atoms with Crippen LogP contribution in [0.4, 0.5) is 13.2 Å². The molecule has 7 heteroatoms. The molecule has 0 bridgehead atoms. The van der Waals surface area contributed by atoms with E-state index in [2.05, 4.69) is 5.32 Å². The number of nitrogens with zero attached hydrogens (tertiary/aromatic N) is 2. The molecule has 0 aromatic rings. The standard InChI is InChI=1S/C14H26F3N3O/c1-3-20(4-2)13(21)5-8-18-12-6-9-19(10-7-12)11-14(15,16)17/h12,18H,3-11H2,1-2H3. The summed E-state index contributed by atoms with van der Waals surface area (Å²) in [6.07, 6.45) is -2.26. The quantitative estimate of drug-likeness (QED) is 0.780. The molecule has 0 aromatic heterocycles. The minimum Gasteiger partial charge on any atom is -0.343 e. The largest absolute Gasteiger partial charge is 0.401 e. The number of halogens is 3. The number of hydrogen-bond donors (Lipinski definition) is 1. The molecule has 1 aliphatic rings. The van der Waals surface area contributed by atoms with Gasteiger partial charge in [-0.15, -0.1) is 0 Å². The predicted molar refractivity (Wildman–Crippen MR) is 76.1 cm³/mol. The first-order valence-corrected chi connectivity index (χ1v) is 7.66. The van der Waals surface area contributed by atoms with Crippen molar-refractivity contribution in [1.29, 1.82) is 0 Å². The molecule has 4 nitrogen and oxygen atoms in total. The zero-order valence-corrected chi connectivity index (χ0v) is 12.9. The summed E-state index contributed by atoms with van der Waals surface area (Å²) in [5, 5.41) is 3.28. The number of alkyl halides is 3. The van der Waals surface area contributed by atoms with Crippen molar-refractivity contribution in [2.24, 2.45) is 0 Å². The van der Waals surface area contributed by atoms with Crippen LogP contribution in [0.5, 0.6) is 0 Å². The average molecular weight is 309 g/mol. The fourth-order valence-electron chi connectivity index (χ4n) is 2.67. The lowest BCUT2D eigenvalue weighted by Crippen LogP contribution is -2.46. The number of rotatable bonds is 7. The summed E-state index contributed by atoms with van der Waals surface area (Å²) in [4.78, 5) is 15.0. The zero-order chi connectivity index (χ0) is 15.9. The summed E-state index contributed by atoms with van der Waals surface area (Å²) in [5.41, 5.74) is 0. The van der Waals surface area contributed by atoms with Gasteiger partial charge in [-0.2, -0.15) is 13.2 Å². The molecule has 0 unspecified atom stereocenters. The third-order valence-electron chi connectivity index (χ3n) is 3.88. The molecular weight excluding hydrogens is 283 g/mol. The molecule has 124 valence electrons. The van der Waals surface area contributed by atoms with Crippen molar-refractivity contribution in [2.75, 3.05) is 39.3 Å². The van der Waals surface area contributed by atoms with Crippen molar-refractivity contribution < 1.29 is 18.0 Å². The van der Waals surface area contributed by atoms with Crippen molar-refractivity contribution in [3.8, 4) is 0 Å². The highest BCUT2D eigenvalue weighted by Crippen LogP contribution is 2.19. The molecule has 0 aliphatic carbocycles. The van der Waals surface area contributed by atoms with E-state index >= 15 is 0 Å². The van der Waals surface area contributed by atoms with Gasteiger partial charge < -0.3 is 10.2 Å². The summed E-state index contributed by atoms with van der Waals surface area (Å²) in [7, 11) is 0. The number of hydrogen-bond acceptors (Lipinski definition) is 3. The Kier molecular flexibility index (Phi) is 7.45. The Labute approximate surface area is 124 Å². The molecule has 0 radical (unpaired) electrons. The van der Waals surface area contributed by atoms with Crippen LogP contribution in [-0.4, -0.2) is 67.2 Å². The fourth-order valence-corrected chi connectivity index (χ4v) is 2.67. The Balaban J connectivity index is 2.17. The van der Waals surface area contributed by atoms with Gasteiger partial charge in [-0.25, -0.2) is 0 Å². The SMILES string of the molecule is CCN(CC)C(=O)CCNC1CCN(CC(F)(F)F)CC1. The lowest BCUT2D eigenvalue weighted by atomic mass is 10.0. The second-order valence-electron chi connectivity index (χ2n) is 5.44. The first-order valence-electron chi connectivity index (χ1n) is 7.66. The summed E-state index contributed by atoms with van der Waals surface area (Å²) in [5.74, 6) is 0.127. The second-order valence-corrected chi connectivity index (χ2v) is 5.44. The van der Waals surface area contributed by atoms with E-state index in [1.807, 2.05) is 13.8 Å². The van der Waals surface area contributed by atoms with Crippen molar-refractivity contribution in [1.82, 2.24) is 15.1 Å². The fraction of sp³-hybridized carbons (Fsp3) is 0.929. The van der Waals surface area contributed by atoms with Crippen LogP contribution in [0.15, 0.2) is 0 Å². The third-order valence-corrected chi connectivity index (χ3v) is 3.88. The lowest BCUT2D eigenvalue weighted by Gasteiger charge is -2.32. The molecule has 1 fully saturated rings. The first-order chi connectivity index (χ1) is 9.85. The van der Waals surface area contributed by atoms with Crippen LogP contribution in [0.3, 0.4) is 0 Å². The average Bonchev–Trinajstić information content (AvgIpc) is 2.40. The highest BCUT2D eigenvalue weighted by atomic mass is 19.4. The Morgan fingerprint density at radius 2 is 1.81 bits per heavy atom. The molecule has 21 heavy (non-hydrogen) atoms. The molecule has 1 aliphatic heterocycles.